The second-order valence-corrected chi connectivity index (χ2v) is 6.87. The number of likely N-dealkylation sites (N-methyl/N-ethyl adjacent to an activating group) is 1. The van der Waals surface area contributed by atoms with Gasteiger partial charge in [0.2, 0.25) is 5.91 Å². The Balaban J connectivity index is 1.58. The SMILES string of the molecule is CN(CC(=O)N[C@@H](c1cnn(C)c1)C1CC(O)C1)Cc1ccccn1. The van der Waals surface area contributed by atoms with Crippen LogP contribution in [0.2, 0.25) is 0 Å². The van der Waals surface area contributed by atoms with Crippen LogP contribution >= 0.6 is 0 Å². The predicted molar refractivity (Wildman–Crippen MR) is 93.4 cm³/mol. The lowest BCUT2D eigenvalue weighted by atomic mass is 9.75. The quantitative estimate of drug-likeness (QED) is 0.780. The first kappa shape index (κ1) is 17.6. The van der Waals surface area contributed by atoms with E-state index in [1.165, 1.54) is 0 Å². The Bertz CT molecular complexity index is 697. The first-order valence-corrected chi connectivity index (χ1v) is 8.55. The molecule has 0 aromatic carbocycles. The Labute approximate surface area is 147 Å². The number of aliphatic hydroxyl groups excluding tert-OH is 1. The van der Waals surface area contributed by atoms with E-state index in [2.05, 4.69) is 15.4 Å². The van der Waals surface area contributed by atoms with Crippen molar-refractivity contribution in [3.63, 3.8) is 0 Å². The first-order valence-electron chi connectivity index (χ1n) is 8.55. The summed E-state index contributed by atoms with van der Waals surface area (Å²) >= 11 is 0. The molecule has 1 fully saturated rings. The van der Waals surface area contributed by atoms with Gasteiger partial charge in [-0.05, 0) is 37.9 Å². The molecule has 7 heteroatoms. The molecular weight excluding hydrogens is 318 g/mol. The maximum Gasteiger partial charge on any atom is 0.234 e. The topological polar surface area (TPSA) is 83.3 Å². The molecule has 1 aliphatic rings. The molecule has 0 bridgehead atoms. The number of aromatic nitrogens is 3. The highest BCUT2D eigenvalue weighted by atomic mass is 16.3. The molecule has 0 saturated heterocycles. The van der Waals surface area contributed by atoms with Crippen LogP contribution in [0.15, 0.2) is 36.8 Å². The number of nitrogens with zero attached hydrogens (tertiary/aromatic N) is 4. The molecule has 1 saturated carbocycles. The van der Waals surface area contributed by atoms with Gasteiger partial charge in [-0.3, -0.25) is 19.4 Å². The first-order chi connectivity index (χ1) is 12.0. The molecule has 1 aliphatic carbocycles. The Morgan fingerprint density at radius 1 is 1.48 bits per heavy atom. The van der Waals surface area contributed by atoms with E-state index < -0.39 is 0 Å². The molecule has 2 heterocycles. The largest absolute Gasteiger partial charge is 0.393 e. The molecule has 134 valence electrons. The number of pyridine rings is 1. The highest BCUT2D eigenvalue weighted by Gasteiger charge is 2.36. The molecule has 7 nitrogen and oxygen atoms in total. The maximum atomic E-state index is 12.5. The maximum absolute atomic E-state index is 12.5. The Morgan fingerprint density at radius 2 is 2.28 bits per heavy atom. The van der Waals surface area contributed by atoms with Crippen molar-refractivity contribution in [1.82, 2.24) is 25.0 Å². The van der Waals surface area contributed by atoms with Gasteiger partial charge in [-0.15, -0.1) is 0 Å². The van der Waals surface area contributed by atoms with E-state index in [1.54, 1.807) is 17.1 Å². The van der Waals surface area contributed by atoms with E-state index in [1.807, 2.05) is 43.4 Å². The zero-order valence-corrected chi connectivity index (χ0v) is 14.7. The number of aryl methyl sites for hydroxylation is 1. The van der Waals surface area contributed by atoms with Crippen molar-refractivity contribution in [2.24, 2.45) is 13.0 Å². The zero-order valence-electron chi connectivity index (χ0n) is 14.7. The van der Waals surface area contributed by atoms with Gasteiger partial charge in [0.1, 0.15) is 0 Å². The fraction of sp³-hybridized carbons (Fsp3) is 0.500. The van der Waals surface area contributed by atoms with E-state index in [-0.39, 0.29) is 24.0 Å². The highest BCUT2D eigenvalue weighted by Crippen LogP contribution is 2.37. The van der Waals surface area contributed by atoms with Gasteiger partial charge in [0.05, 0.1) is 30.6 Å². The third-order valence-corrected chi connectivity index (χ3v) is 4.59. The van der Waals surface area contributed by atoms with Gasteiger partial charge in [0.15, 0.2) is 0 Å². The van der Waals surface area contributed by atoms with Crippen LogP contribution in [0.5, 0.6) is 0 Å². The lowest BCUT2D eigenvalue weighted by Crippen LogP contribution is -2.44. The number of aliphatic hydroxyl groups is 1. The van der Waals surface area contributed by atoms with E-state index in [9.17, 15) is 9.90 Å². The minimum atomic E-state index is -0.257. The van der Waals surface area contributed by atoms with Crippen LogP contribution in [0.3, 0.4) is 0 Å². The fourth-order valence-corrected chi connectivity index (χ4v) is 3.26. The van der Waals surface area contributed by atoms with Crippen LogP contribution in [0.4, 0.5) is 0 Å². The molecule has 0 radical (unpaired) electrons. The summed E-state index contributed by atoms with van der Waals surface area (Å²) in [4.78, 5) is 18.7. The molecule has 0 spiro atoms. The van der Waals surface area contributed by atoms with Gasteiger partial charge in [-0.1, -0.05) is 6.07 Å². The van der Waals surface area contributed by atoms with Crippen molar-refractivity contribution >= 4 is 5.91 Å². The van der Waals surface area contributed by atoms with Crippen LogP contribution in [0, 0.1) is 5.92 Å². The van der Waals surface area contributed by atoms with Crippen molar-refractivity contribution in [3.8, 4) is 0 Å². The molecule has 2 N–H and O–H groups in total. The number of carbonyl (C=O) groups excluding carboxylic acids is 1. The van der Waals surface area contributed by atoms with Gasteiger partial charge in [0, 0.05) is 31.5 Å². The van der Waals surface area contributed by atoms with Crippen LogP contribution in [-0.2, 0) is 18.4 Å². The lowest BCUT2D eigenvalue weighted by molar-refractivity contribution is -0.124. The highest BCUT2D eigenvalue weighted by molar-refractivity contribution is 5.78. The molecular formula is C18H25N5O2. The number of hydrogen-bond donors (Lipinski definition) is 2. The second kappa shape index (κ2) is 7.76. The Kier molecular flexibility index (Phi) is 5.45. The number of nitrogens with one attached hydrogen (secondary N) is 1. The fourth-order valence-electron chi connectivity index (χ4n) is 3.26. The van der Waals surface area contributed by atoms with Crippen molar-refractivity contribution in [3.05, 3.63) is 48.0 Å². The monoisotopic (exact) mass is 343 g/mol. The number of hydrogen-bond acceptors (Lipinski definition) is 5. The second-order valence-electron chi connectivity index (χ2n) is 6.87. The average Bonchev–Trinajstić information content (AvgIpc) is 2.97. The predicted octanol–water partition coefficient (Wildman–Crippen LogP) is 0.875. The van der Waals surface area contributed by atoms with Gasteiger partial charge in [0.25, 0.3) is 0 Å². The molecule has 0 aliphatic heterocycles. The van der Waals surface area contributed by atoms with Gasteiger partial charge >= 0.3 is 0 Å². The average molecular weight is 343 g/mol. The van der Waals surface area contributed by atoms with E-state index in [0.29, 0.717) is 25.9 Å². The van der Waals surface area contributed by atoms with Crippen molar-refractivity contribution in [2.75, 3.05) is 13.6 Å². The van der Waals surface area contributed by atoms with Crippen molar-refractivity contribution in [2.45, 2.75) is 31.5 Å². The smallest absolute Gasteiger partial charge is 0.234 e. The molecule has 1 amide bonds. The lowest BCUT2D eigenvalue weighted by Gasteiger charge is -2.37. The van der Waals surface area contributed by atoms with Crippen LogP contribution in [-0.4, -0.2) is 50.4 Å². The molecule has 1 atom stereocenters. The zero-order chi connectivity index (χ0) is 17.8. The summed E-state index contributed by atoms with van der Waals surface area (Å²) in [5, 5.41) is 16.9. The van der Waals surface area contributed by atoms with E-state index in [0.717, 1.165) is 11.3 Å². The Hall–Kier alpha value is -2.25. The molecule has 2 aromatic heterocycles. The summed E-state index contributed by atoms with van der Waals surface area (Å²) in [6.07, 6.45) is 6.63. The van der Waals surface area contributed by atoms with Crippen LogP contribution in [0.1, 0.15) is 30.1 Å². The summed E-state index contributed by atoms with van der Waals surface area (Å²) in [5.74, 6) is 0.220. The summed E-state index contributed by atoms with van der Waals surface area (Å²) in [6, 6.07) is 5.66. The summed E-state index contributed by atoms with van der Waals surface area (Å²) < 4.78 is 1.73. The van der Waals surface area contributed by atoms with Gasteiger partial charge in [-0.2, -0.15) is 5.10 Å². The molecule has 25 heavy (non-hydrogen) atoms. The summed E-state index contributed by atoms with van der Waals surface area (Å²) in [7, 11) is 3.76. The molecule has 3 rings (SSSR count). The number of amides is 1. The van der Waals surface area contributed by atoms with Crippen LogP contribution in [0.25, 0.3) is 0 Å². The molecule has 0 unspecified atom stereocenters. The van der Waals surface area contributed by atoms with Gasteiger partial charge in [-0.25, -0.2) is 0 Å². The van der Waals surface area contributed by atoms with E-state index in [4.69, 9.17) is 0 Å². The minimum Gasteiger partial charge on any atom is -0.393 e. The Morgan fingerprint density at radius 3 is 2.88 bits per heavy atom. The number of carbonyl (C=O) groups is 1. The summed E-state index contributed by atoms with van der Waals surface area (Å²) in [6.45, 7) is 0.913. The third kappa shape index (κ3) is 4.64. The summed E-state index contributed by atoms with van der Waals surface area (Å²) in [5.41, 5.74) is 1.92. The van der Waals surface area contributed by atoms with E-state index >= 15 is 0 Å². The minimum absolute atomic E-state index is 0.0336. The van der Waals surface area contributed by atoms with Crippen molar-refractivity contribution < 1.29 is 9.90 Å². The standard InChI is InChI=1S/C18H25N5O2/c1-22(11-15-5-3-4-6-19-15)12-17(25)21-18(13-7-16(24)8-13)14-9-20-23(2)10-14/h3-6,9-10,13,16,18,24H,7-8,11-12H2,1-2H3,(H,21,25)/t13?,16?,18-/m1/s1. The normalized spacial score (nSPS) is 21.0. The molecule has 2 aromatic rings. The third-order valence-electron chi connectivity index (χ3n) is 4.59. The van der Waals surface area contributed by atoms with Crippen LogP contribution < -0.4 is 5.32 Å². The number of rotatable bonds is 7. The van der Waals surface area contributed by atoms with Crippen molar-refractivity contribution in [1.29, 1.82) is 0 Å². The van der Waals surface area contributed by atoms with Gasteiger partial charge < -0.3 is 10.4 Å².